The lowest BCUT2D eigenvalue weighted by Gasteiger charge is -2.09. The van der Waals surface area contributed by atoms with E-state index in [1.54, 1.807) is 18.4 Å². The lowest BCUT2D eigenvalue weighted by Crippen LogP contribution is -2.06. The molecule has 5 heteroatoms. The maximum absolute atomic E-state index is 5.17. The van der Waals surface area contributed by atoms with Crippen molar-refractivity contribution in [3.63, 3.8) is 0 Å². The molecule has 0 spiro atoms. The Hall–Kier alpha value is -1.46. The standard InChI is InChI=1S/C14H19N3OS/c1-4-5-15-13-6-11(7-18-3)16-14(17-13)12-9-19-8-10(12)2/h6,8-9H,4-5,7H2,1-3H3,(H,15,16,17). The van der Waals surface area contributed by atoms with Crippen LogP contribution >= 0.6 is 11.3 Å². The predicted molar refractivity (Wildman–Crippen MR) is 79.6 cm³/mol. The fourth-order valence-electron chi connectivity index (χ4n) is 1.77. The van der Waals surface area contributed by atoms with Crippen LogP contribution in [0.3, 0.4) is 0 Å². The number of aromatic nitrogens is 2. The summed E-state index contributed by atoms with van der Waals surface area (Å²) >= 11 is 1.67. The number of hydrogen-bond donors (Lipinski definition) is 1. The van der Waals surface area contributed by atoms with Crippen LogP contribution in [0.4, 0.5) is 5.82 Å². The molecule has 0 aliphatic carbocycles. The second kappa shape index (κ2) is 6.63. The van der Waals surface area contributed by atoms with Crippen molar-refractivity contribution in [2.45, 2.75) is 26.9 Å². The van der Waals surface area contributed by atoms with Crippen molar-refractivity contribution in [3.8, 4) is 11.4 Å². The Morgan fingerprint density at radius 2 is 2.16 bits per heavy atom. The summed E-state index contributed by atoms with van der Waals surface area (Å²) in [5.74, 6) is 1.64. The van der Waals surface area contributed by atoms with Crippen LogP contribution in [0.1, 0.15) is 24.6 Å². The molecule has 0 saturated heterocycles. The zero-order valence-electron chi connectivity index (χ0n) is 11.6. The van der Waals surface area contributed by atoms with Crippen molar-refractivity contribution < 1.29 is 4.74 Å². The number of aryl methyl sites for hydroxylation is 1. The van der Waals surface area contributed by atoms with E-state index in [4.69, 9.17) is 4.74 Å². The third-order valence-corrected chi connectivity index (χ3v) is 3.59. The first kappa shape index (κ1) is 14.0. The molecule has 0 radical (unpaired) electrons. The molecule has 0 aromatic carbocycles. The van der Waals surface area contributed by atoms with E-state index in [0.717, 1.165) is 35.9 Å². The molecule has 0 saturated carbocycles. The molecule has 2 rings (SSSR count). The smallest absolute Gasteiger partial charge is 0.162 e. The van der Waals surface area contributed by atoms with Gasteiger partial charge in [0.2, 0.25) is 0 Å². The SMILES string of the molecule is CCCNc1cc(COC)nc(-c2cscc2C)n1. The summed E-state index contributed by atoms with van der Waals surface area (Å²) in [6, 6.07) is 1.95. The first-order valence-electron chi connectivity index (χ1n) is 6.38. The first-order chi connectivity index (χ1) is 9.24. The molecule has 0 aliphatic heterocycles. The Kier molecular flexibility index (Phi) is 4.87. The van der Waals surface area contributed by atoms with Gasteiger partial charge in [0.15, 0.2) is 5.82 Å². The molecular formula is C14H19N3OS. The van der Waals surface area contributed by atoms with Gasteiger partial charge in [0, 0.05) is 30.7 Å². The Balaban J connectivity index is 2.36. The van der Waals surface area contributed by atoms with Gasteiger partial charge in [-0.2, -0.15) is 11.3 Å². The highest BCUT2D eigenvalue weighted by molar-refractivity contribution is 7.08. The van der Waals surface area contributed by atoms with Crippen LogP contribution in [-0.2, 0) is 11.3 Å². The normalized spacial score (nSPS) is 10.7. The first-order valence-corrected chi connectivity index (χ1v) is 7.32. The van der Waals surface area contributed by atoms with Crippen LogP contribution in [0, 0.1) is 6.92 Å². The van der Waals surface area contributed by atoms with Gasteiger partial charge in [0.25, 0.3) is 0 Å². The number of ether oxygens (including phenoxy) is 1. The van der Waals surface area contributed by atoms with Crippen molar-refractivity contribution in [1.29, 1.82) is 0 Å². The lowest BCUT2D eigenvalue weighted by molar-refractivity contribution is 0.181. The van der Waals surface area contributed by atoms with Crippen LogP contribution in [0.25, 0.3) is 11.4 Å². The van der Waals surface area contributed by atoms with Crippen molar-refractivity contribution in [2.75, 3.05) is 19.0 Å². The van der Waals surface area contributed by atoms with Crippen LogP contribution in [0.5, 0.6) is 0 Å². The number of anilines is 1. The van der Waals surface area contributed by atoms with E-state index in [1.807, 2.05) is 6.07 Å². The van der Waals surface area contributed by atoms with Gasteiger partial charge in [-0.15, -0.1) is 0 Å². The number of methoxy groups -OCH3 is 1. The van der Waals surface area contributed by atoms with Crippen molar-refractivity contribution >= 4 is 17.2 Å². The van der Waals surface area contributed by atoms with Crippen molar-refractivity contribution in [3.05, 3.63) is 28.1 Å². The third kappa shape index (κ3) is 3.52. The number of thiophene rings is 1. The minimum absolute atomic E-state index is 0.500. The average molecular weight is 277 g/mol. The fraction of sp³-hybridized carbons (Fsp3) is 0.429. The summed E-state index contributed by atoms with van der Waals surface area (Å²) in [7, 11) is 1.68. The van der Waals surface area contributed by atoms with Crippen molar-refractivity contribution in [1.82, 2.24) is 9.97 Å². The maximum atomic E-state index is 5.17. The topological polar surface area (TPSA) is 47.0 Å². The van der Waals surface area contributed by atoms with E-state index < -0.39 is 0 Å². The Morgan fingerprint density at radius 1 is 1.32 bits per heavy atom. The molecule has 102 valence electrons. The lowest BCUT2D eigenvalue weighted by atomic mass is 10.2. The predicted octanol–water partition coefficient (Wildman–Crippen LogP) is 3.48. The molecule has 4 nitrogen and oxygen atoms in total. The Morgan fingerprint density at radius 3 is 2.79 bits per heavy atom. The molecule has 0 amide bonds. The highest BCUT2D eigenvalue weighted by atomic mass is 32.1. The van der Waals surface area contributed by atoms with Gasteiger partial charge in [-0.05, 0) is 24.3 Å². The molecule has 0 unspecified atom stereocenters. The van der Waals surface area contributed by atoms with Crippen LogP contribution in [-0.4, -0.2) is 23.6 Å². The molecule has 0 fully saturated rings. The van der Waals surface area contributed by atoms with Gasteiger partial charge in [-0.1, -0.05) is 6.92 Å². The van der Waals surface area contributed by atoms with Gasteiger partial charge in [-0.3, -0.25) is 0 Å². The average Bonchev–Trinajstić information content (AvgIpc) is 2.83. The quantitative estimate of drug-likeness (QED) is 0.878. The van der Waals surface area contributed by atoms with Gasteiger partial charge in [0.05, 0.1) is 12.3 Å². The monoisotopic (exact) mass is 277 g/mol. The minimum atomic E-state index is 0.500. The van der Waals surface area contributed by atoms with Gasteiger partial charge in [0.1, 0.15) is 5.82 Å². The third-order valence-electron chi connectivity index (χ3n) is 2.72. The summed E-state index contributed by atoms with van der Waals surface area (Å²) in [6.45, 7) is 5.62. The van der Waals surface area contributed by atoms with Crippen LogP contribution in [0.2, 0.25) is 0 Å². The molecule has 0 aliphatic rings. The summed E-state index contributed by atoms with van der Waals surface area (Å²) < 4.78 is 5.17. The van der Waals surface area contributed by atoms with Crippen molar-refractivity contribution in [2.24, 2.45) is 0 Å². The van der Waals surface area contributed by atoms with E-state index in [1.165, 1.54) is 5.56 Å². The summed E-state index contributed by atoms with van der Waals surface area (Å²) in [5, 5.41) is 7.51. The second-order valence-corrected chi connectivity index (χ2v) is 5.14. The van der Waals surface area contributed by atoms with Gasteiger partial charge < -0.3 is 10.1 Å². The molecule has 19 heavy (non-hydrogen) atoms. The number of rotatable bonds is 6. The Labute approximate surface area is 117 Å². The molecular weight excluding hydrogens is 258 g/mol. The zero-order chi connectivity index (χ0) is 13.7. The zero-order valence-corrected chi connectivity index (χ0v) is 12.4. The van der Waals surface area contributed by atoms with Crippen LogP contribution < -0.4 is 5.32 Å². The molecule has 0 bridgehead atoms. The highest BCUT2D eigenvalue weighted by Crippen LogP contribution is 2.25. The minimum Gasteiger partial charge on any atom is -0.378 e. The molecule has 2 aromatic rings. The molecule has 2 heterocycles. The van der Waals surface area contributed by atoms with Gasteiger partial charge >= 0.3 is 0 Å². The highest BCUT2D eigenvalue weighted by Gasteiger charge is 2.09. The van der Waals surface area contributed by atoms with Gasteiger partial charge in [-0.25, -0.2) is 9.97 Å². The van der Waals surface area contributed by atoms with E-state index in [0.29, 0.717) is 6.61 Å². The summed E-state index contributed by atoms with van der Waals surface area (Å²) in [6.07, 6.45) is 1.07. The van der Waals surface area contributed by atoms with E-state index >= 15 is 0 Å². The van der Waals surface area contributed by atoms with Crippen LogP contribution in [0.15, 0.2) is 16.8 Å². The molecule has 0 atom stereocenters. The maximum Gasteiger partial charge on any atom is 0.162 e. The summed E-state index contributed by atoms with van der Waals surface area (Å²) in [5.41, 5.74) is 3.21. The number of nitrogens with one attached hydrogen (secondary N) is 1. The second-order valence-electron chi connectivity index (χ2n) is 4.40. The number of hydrogen-bond acceptors (Lipinski definition) is 5. The Bertz CT molecular complexity index is 539. The number of nitrogens with zero attached hydrogens (tertiary/aromatic N) is 2. The van der Waals surface area contributed by atoms with E-state index in [9.17, 15) is 0 Å². The molecule has 1 N–H and O–H groups in total. The van der Waals surface area contributed by atoms with E-state index in [2.05, 4.69) is 39.9 Å². The summed E-state index contributed by atoms with van der Waals surface area (Å²) in [4.78, 5) is 9.15. The largest absolute Gasteiger partial charge is 0.378 e. The fourth-order valence-corrected chi connectivity index (χ4v) is 2.60. The van der Waals surface area contributed by atoms with E-state index in [-0.39, 0.29) is 0 Å². The molecule has 2 aromatic heterocycles.